The van der Waals surface area contributed by atoms with Crippen LogP contribution in [0.25, 0.3) is 0 Å². The van der Waals surface area contributed by atoms with Crippen LogP contribution in [0.3, 0.4) is 0 Å². The summed E-state index contributed by atoms with van der Waals surface area (Å²) in [7, 11) is 1.75. The molecule has 0 radical (unpaired) electrons. The molecule has 0 bridgehead atoms. The molecule has 3 amide bonds. The van der Waals surface area contributed by atoms with E-state index in [-0.39, 0.29) is 23.8 Å². The summed E-state index contributed by atoms with van der Waals surface area (Å²) in [6.07, 6.45) is 0.759. The lowest BCUT2D eigenvalue weighted by Gasteiger charge is -2.25. The number of rotatable bonds is 6. The highest BCUT2D eigenvalue weighted by atomic mass is 16.2. The van der Waals surface area contributed by atoms with Crippen LogP contribution in [-0.2, 0) is 0 Å². The molecular weight excluding hydrogens is 352 g/mol. The number of amides is 3. The summed E-state index contributed by atoms with van der Waals surface area (Å²) in [5.74, 6) is -0.366. The van der Waals surface area contributed by atoms with E-state index in [4.69, 9.17) is 0 Å². The van der Waals surface area contributed by atoms with Gasteiger partial charge in [-0.15, -0.1) is 0 Å². The molecule has 2 aromatic rings. The monoisotopic (exact) mass is 378 g/mol. The number of carbonyl (C=O) groups is 3. The summed E-state index contributed by atoms with van der Waals surface area (Å²) < 4.78 is 0. The second-order valence-corrected chi connectivity index (χ2v) is 7.71. The molecule has 5 heteroatoms. The molecule has 0 saturated carbocycles. The predicted octanol–water partition coefficient (Wildman–Crippen LogP) is 4.16. The third-order valence-corrected chi connectivity index (χ3v) is 5.33. The number of fused-ring (bicyclic) bond motifs is 1. The summed E-state index contributed by atoms with van der Waals surface area (Å²) in [5, 5.41) is 0. The van der Waals surface area contributed by atoms with Gasteiger partial charge in [-0.05, 0) is 43.0 Å². The Morgan fingerprint density at radius 2 is 1.61 bits per heavy atom. The van der Waals surface area contributed by atoms with E-state index < -0.39 is 0 Å². The van der Waals surface area contributed by atoms with E-state index in [2.05, 4.69) is 13.8 Å². The minimum absolute atomic E-state index is 0.109. The van der Waals surface area contributed by atoms with Gasteiger partial charge in [0.2, 0.25) is 0 Å². The number of imide groups is 1. The van der Waals surface area contributed by atoms with Gasteiger partial charge in [-0.3, -0.25) is 19.3 Å². The van der Waals surface area contributed by atoms with Gasteiger partial charge in [-0.2, -0.15) is 0 Å². The Kier molecular flexibility index (Phi) is 5.63. The zero-order valence-electron chi connectivity index (χ0n) is 16.8. The fraction of sp³-hybridized carbons (Fsp3) is 0.348. The maximum atomic E-state index is 13.0. The number of carbonyl (C=O) groups excluding carboxylic acids is 3. The van der Waals surface area contributed by atoms with Gasteiger partial charge in [-0.1, -0.05) is 44.2 Å². The lowest BCUT2D eigenvalue weighted by Crippen LogP contribution is -2.31. The van der Waals surface area contributed by atoms with E-state index in [0.29, 0.717) is 29.2 Å². The van der Waals surface area contributed by atoms with Crippen LogP contribution in [0.1, 0.15) is 69.9 Å². The molecule has 1 aliphatic heterocycles. The largest absolute Gasteiger partial charge is 0.335 e. The average Bonchev–Trinajstić information content (AvgIpc) is 2.94. The van der Waals surface area contributed by atoms with Crippen LogP contribution in [-0.4, -0.2) is 41.1 Å². The van der Waals surface area contributed by atoms with Gasteiger partial charge >= 0.3 is 0 Å². The molecule has 28 heavy (non-hydrogen) atoms. The van der Waals surface area contributed by atoms with Gasteiger partial charge in [0, 0.05) is 19.2 Å². The zero-order chi connectivity index (χ0) is 20.4. The Hall–Kier alpha value is -2.95. The number of benzene rings is 2. The zero-order valence-corrected chi connectivity index (χ0v) is 16.8. The van der Waals surface area contributed by atoms with Gasteiger partial charge in [0.15, 0.2) is 0 Å². The molecule has 0 spiro atoms. The molecule has 146 valence electrons. The molecule has 0 aromatic heterocycles. The third-order valence-electron chi connectivity index (χ3n) is 5.33. The third kappa shape index (κ3) is 3.70. The molecule has 3 rings (SSSR count). The Morgan fingerprint density at radius 1 is 0.964 bits per heavy atom. The molecule has 0 aliphatic carbocycles. The summed E-state index contributed by atoms with van der Waals surface area (Å²) in [6.45, 7) is 6.47. The Labute approximate surface area is 166 Å². The first-order valence-corrected chi connectivity index (χ1v) is 9.63. The second kappa shape index (κ2) is 7.97. The average molecular weight is 378 g/mol. The summed E-state index contributed by atoms with van der Waals surface area (Å²) in [4.78, 5) is 41.1. The van der Waals surface area contributed by atoms with Crippen LogP contribution in [0.4, 0.5) is 0 Å². The fourth-order valence-electron chi connectivity index (χ4n) is 3.35. The quantitative estimate of drug-likeness (QED) is 0.709. The SMILES string of the molecule is CC(C)CCN1C(=O)c2ccc(C(=O)N(C)C(C)c3ccccc3)cc2C1=O. The van der Waals surface area contributed by atoms with Crippen molar-refractivity contribution in [2.75, 3.05) is 13.6 Å². The molecule has 1 unspecified atom stereocenters. The van der Waals surface area contributed by atoms with Crippen LogP contribution in [0.2, 0.25) is 0 Å². The highest BCUT2D eigenvalue weighted by Crippen LogP contribution is 2.27. The van der Waals surface area contributed by atoms with E-state index in [0.717, 1.165) is 12.0 Å². The highest BCUT2D eigenvalue weighted by Gasteiger charge is 2.36. The normalized spacial score (nSPS) is 14.4. The Bertz CT molecular complexity index is 905. The van der Waals surface area contributed by atoms with Crippen LogP contribution < -0.4 is 0 Å². The van der Waals surface area contributed by atoms with E-state index >= 15 is 0 Å². The van der Waals surface area contributed by atoms with E-state index in [9.17, 15) is 14.4 Å². The van der Waals surface area contributed by atoms with Crippen molar-refractivity contribution in [3.05, 3.63) is 70.8 Å². The molecule has 1 aliphatic rings. The predicted molar refractivity (Wildman–Crippen MR) is 108 cm³/mol. The summed E-state index contributed by atoms with van der Waals surface area (Å²) >= 11 is 0. The van der Waals surface area contributed by atoms with Crippen molar-refractivity contribution < 1.29 is 14.4 Å². The first-order valence-electron chi connectivity index (χ1n) is 9.63. The molecular formula is C23H26N2O3. The minimum atomic E-state index is -0.311. The van der Waals surface area contributed by atoms with Gasteiger partial charge in [0.25, 0.3) is 17.7 Å². The Balaban J connectivity index is 1.82. The second-order valence-electron chi connectivity index (χ2n) is 7.71. The van der Waals surface area contributed by atoms with Crippen molar-refractivity contribution in [3.63, 3.8) is 0 Å². The molecule has 0 N–H and O–H groups in total. The van der Waals surface area contributed by atoms with Crippen molar-refractivity contribution in [2.24, 2.45) is 5.92 Å². The minimum Gasteiger partial charge on any atom is -0.335 e. The first-order chi connectivity index (χ1) is 13.3. The molecule has 5 nitrogen and oxygen atoms in total. The fourth-order valence-corrected chi connectivity index (χ4v) is 3.35. The van der Waals surface area contributed by atoms with Crippen molar-refractivity contribution >= 4 is 17.7 Å². The maximum absolute atomic E-state index is 13.0. The van der Waals surface area contributed by atoms with Crippen LogP contribution in [0.5, 0.6) is 0 Å². The standard InChI is InChI=1S/C23H26N2O3/c1-15(2)12-13-25-22(27)19-11-10-18(14-20(19)23(25)28)21(26)24(4)16(3)17-8-6-5-7-9-17/h5-11,14-16H,12-13H2,1-4H3. The van der Waals surface area contributed by atoms with Crippen molar-refractivity contribution in [1.82, 2.24) is 9.80 Å². The van der Waals surface area contributed by atoms with Gasteiger partial charge in [0.05, 0.1) is 17.2 Å². The van der Waals surface area contributed by atoms with Crippen LogP contribution in [0.15, 0.2) is 48.5 Å². The van der Waals surface area contributed by atoms with Crippen molar-refractivity contribution in [1.29, 1.82) is 0 Å². The van der Waals surface area contributed by atoms with Crippen molar-refractivity contribution in [3.8, 4) is 0 Å². The van der Waals surface area contributed by atoms with E-state index in [1.165, 1.54) is 4.90 Å². The van der Waals surface area contributed by atoms with Crippen LogP contribution in [0, 0.1) is 5.92 Å². The maximum Gasteiger partial charge on any atom is 0.261 e. The van der Waals surface area contributed by atoms with E-state index in [1.807, 2.05) is 37.3 Å². The van der Waals surface area contributed by atoms with Crippen LogP contribution >= 0.6 is 0 Å². The lowest BCUT2D eigenvalue weighted by atomic mass is 10.0. The first kappa shape index (κ1) is 19.8. The summed E-state index contributed by atoms with van der Waals surface area (Å²) in [5.41, 5.74) is 2.14. The molecule has 1 atom stereocenters. The van der Waals surface area contributed by atoms with Gasteiger partial charge < -0.3 is 4.90 Å². The van der Waals surface area contributed by atoms with Gasteiger partial charge in [0.1, 0.15) is 0 Å². The van der Waals surface area contributed by atoms with Gasteiger partial charge in [-0.25, -0.2) is 0 Å². The summed E-state index contributed by atoms with van der Waals surface area (Å²) in [6, 6.07) is 14.4. The number of hydrogen-bond acceptors (Lipinski definition) is 3. The molecule has 1 heterocycles. The van der Waals surface area contributed by atoms with E-state index in [1.54, 1.807) is 30.1 Å². The highest BCUT2D eigenvalue weighted by molar-refractivity contribution is 6.22. The van der Waals surface area contributed by atoms with Crippen molar-refractivity contribution in [2.45, 2.75) is 33.2 Å². The molecule has 2 aromatic carbocycles. The molecule has 0 saturated heterocycles. The smallest absolute Gasteiger partial charge is 0.261 e. The lowest BCUT2D eigenvalue weighted by molar-refractivity contribution is 0.0647. The Morgan fingerprint density at radius 3 is 2.25 bits per heavy atom. The molecule has 0 fully saturated rings. The number of nitrogens with zero attached hydrogens (tertiary/aromatic N) is 2. The topological polar surface area (TPSA) is 57.7 Å². The number of hydrogen-bond donors (Lipinski definition) is 0.